The number of hydrogen-bond acceptors (Lipinski definition) is 0. The Kier molecular flexibility index (Phi) is 8.03. The van der Waals surface area contributed by atoms with E-state index >= 15 is 0 Å². The minimum atomic E-state index is -4.60. The van der Waals surface area contributed by atoms with E-state index in [-0.39, 0.29) is 5.56 Å². The summed E-state index contributed by atoms with van der Waals surface area (Å²) in [5.41, 5.74) is 0.715. The maximum Gasteiger partial charge on any atom is 0.458 e. The molecule has 0 bridgehead atoms. The minimum Gasteiger partial charge on any atom is -0.206 e. The molecule has 0 N–H and O–H groups in total. The molecule has 1 aromatic carbocycles. The third-order valence-corrected chi connectivity index (χ3v) is 7.11. The van der Waals surface area contributed by atoms with Gasteiger partial charge in [-0.05, 0) is 99.7 Å². The van der Waals surface area contributed by atoms with Gasteiger partial charge in [-0.2, -0.15) is 13.2 Å². The van der Waals surface area contributed by atoms with Crippen molar-refractivity contribution in [1.82, 2.24) is 0 Å². The summed E-state index contributed by atoms with van der Waals surface area (Å²) in [6.45, 7) is 2.08. The van der Waals surface area contributed by atoms with Gasteiger partial charge >= 0.3 is 6.18 Å². The summed E-state index contributed by atoms with van der Waals surface area (Å²) in [5.74, 6) is 5.19. The zero-order chi connectivity index (χ0) is 21.6. The summed E-state index contributed by atoms with van der Waals surface area (Å²) in [7, 11) is 0. The third-order valence-electron chi connectivity index (χ3n) is 7.11. The molecule has 2 aliphatic carbocycles. The van der Waals surface area contributed by atoms with Crippen molar-refractivity contribution in [3.05, 3.63) is 47.3 Å². The van der Waals surface area contributed by atoms with E-state index in [1.807, 2.05) is 5.92 Å². The van der Waals surface area contributed by atoms with Crippen LogP contribution in [0.5, 0.6) is 0 Å². The molecule has 30 heavy (non-hydrogen) atoms. The van der Waals surface area contributed by atoms with Crippen molar-refractivity contribution in [3.8, 4) is 11.8 Å². The standard InChI is InChI=1S/C26H32F4/c1-2-3-4-5-19-6-8-20(9-7-19)21-10-12-22(13-11-21)24-15-14-23(25(27)18-24)16-17-26(28,29)30/h2-3,14-15,18-22H,4-13H2,1H3. The Hall–Kier alpha value is -1.76. The van der Waals surface area contributed by atoms with Gasteiger partial charge in [0, 0.05) is 5.92 Å². The Morgan fingerprint density at radius 2 is 1.60 bits per heavy atom. The van der Waals surface area contributed by atoms with Crippen LogP contribution in [0.15, 0.2) is 30.4 Å². The van der Waals surface area contributed by atoms with Crippen LogP contribution in [0.2, 0.25) is 0 Å². The van der Waals surface area contributed by atoms with E-state index in [1.54, 1.807) is 6.07 Å². The number of hydrogen-bond donors (Lipinski definition) is 0. The SMILES string of the molecule is CC=CCCC1CCC(C2CCC(c3ccc(C#CC(F)(F)F)c(F)c3)CC2)CC1. The molecule has 0 spiro atoms. The Morgan fingerprint density at radius 1 is 0.967 bits per heavy atom. The number of halogens is 4. The summed E-state index contributed by atoms with van der Waals surface area (Å²) < 4.78 is 50.9. The third kappa shape index (κ3) is 6.62. The van der Waals surface area contributed by atoms with Gasteiger partial charge < -0.3 is 0 Å². The molecular formula is C26H32F4. The smallest absolute Gasteiger partial charge is 0.206 e. The highest BCUT2D eigenvalue weighted by Crippen LogP contribution is 2.44. The molecule has 0 nitrogen and oxygen atoms in total. The lowest BCUT2D eigenvalue weighted by Gasteiger charge is -2.38. The van der Waals surface area contributed by atoms with E-state index in [9.17, 15) is 17.6 Å². The van der Waals surface area contributed by atoms with Gasteiger partial charge in [-0.15, -0.1) is 0 Å². The first-order chi connectivity index (χ1) is 14.4. The van der Waals surface area contributed by atoms with Gasteiger partial charge in [0.1, 0.15) is 5.82 Å². The fraction of sp³-hybridized carbons (Fsp3) is 0.615. The molecule has 0 heterocycles. The van der Waals surface area contributed by atoms with Gasteiger partial charge in [0.15, 0.2) is 0 Å². The molecule has 3 rings (SSSR count). The maximum atomic E-state index is 14.2. The molecule has 2 aliphatic rings. The van der Waals surface area contributed by atoms with Crippen LogP contribution in [0, 0.1) is 35.4 Å². The first-order valence-electron chi connectivity index (χ1n) is 11.4. The lowest BCUT2D eigenvalue weighted by molar-refractivity contribution is -0.0696. The van der Waals surface area contributed by atoms with Crippen LogP contribution in [0.3, 0.4) is 0 Å². The van der Waals surface area contributed by atoms with Gasteiger partial charge in [0.25, 0.3) is 0 Å². The molecule has 4 heteroatoms. The monoisotopic (exact) mass is 420 g/mol. The van der Waals surface area contributed by atoms with Gasteiger partial charge in [-0.3, -0.25) is 0 Å². The zero-order valence-corrected chi connectivity index (χ0v) is 17.8. The highest BCUT2D eigenvalue weighted by molar-refractivity contribution is 5.39. The molecular weight excluding hydrogens is 388 g/mol. The summed E-state index contributed by atoms with van der Waals surface area (Å²) in [4.78, 5) is 0. The molecule has 0 radical (unpaired) electrons. The van der Waals surface area contributed by atoms with Crippen molar-refractivity contribution in [2.45, 2.75) is 83.2 Å². The van der Waals surface area contributed by atoms with Crippen LogP contribution in [0.25, 0.3) is 0 Å². The van der Waals surface area contributed by atoms with E-state index in [4.69, 9.17) is 0 Å². The highest BCUT2D eigenvalue weighted by atomic mass is 19.4. The second kappa shape index (κ2) is 10.5. The first-order valence-corrected chi connectivity index (χ1v) is 11.4. The van der Waals surface area contributed by atoms with Crippen LogP contribution >= 0.6 is 0 Å². The Labute approximate surface area is 178 Å². The lowest BCUT2D eigenvalue weighted by atomic mass is 9.68. The summed E-state index contributed by atoms with van der Waals surface area (Å²) in [5, 5.41) is 0. The molecule has 2 fully saturated rings. The van der Waals surface area contributed by atoms with Crippen molar-refractivity contribution in [2.75, 3.05) is 0 Å². The van der Waals surface area contributed by atoms with Crippen molar-refractivity contribution in [3.63, 3.8) is 0 Å². The molecule has 0 aliphatic heterocycles. The maximum absolute atomic E-state index is 14.2. The van der Waals surface area contributed by atoms with Gasteiger partial charge in [0.05, 0.1) is 5.56 Å². The van der Waals surface area contributed by atoms with Gasteiger partial charge in [0.2, 0.25) is 0 Å². The van der Waals surface area contributed by atoms with Crippen LogP contribution in [0.4, 0.5) is 17.6 Å². The lowest BCUT2D eigenvalue weighted by Crippen LogP contribution is -2.25. The quantitative estimate of drug-likeness (QED) is 0.256. The molecule has 0 saturated heterocycles. The van der Waals surface area contributed by atoms with Crippen molar-refractivity contribution < 1.29 is 17.6 Å². The van der Waals surface area contributed by atoms with E-state index in [2.05, 4.69) is 19.1 Å². The molecule has 164 valence electrons. The van der Waals surface area contributed by atoms with Gasteiger partial charge in [-0.1, -0.05) is 37.0 Å². The Morgan fingerprint density at radius 3 is 2.17 bits per heavy atom. The molecule has 0 unspecified atom stereocenters. The Balaban J connectivity index is 1.49. The summed E-state index contributed by atoms with van der Waals surface area (Å²) >= 11 is 0. The largest absolute Gasteiger partial charge is 0.458 e. The second-order valence-electron chi connectivity index (χ2n) is 9.03. The average molecular weight is 421 g/mol. The number of benzene rings is 1. The highest BCUT2D eigenvalue weighted by Gasteiger charge is 2.31. The predicted molar refractivity (Wildman–Crippen MR) is 114 cm³/mol. The molecule has 2 saturated carbocycles. The topological polar surface area (TPSA) is 0 Å². The van der Waals surface area contributed by atoms with Crippen molar-refractivity contribution in [2.24, 2.45) is 17.8 Å². The fourth-order valence-corrected chi connectivity index (χ4v) is 5.40. The average Bonchev–Trinajstić information content (AvgIpc) is 2.73. The van der Waals surface area contributed by atoms with E-state index in [1.165, 1.54) is 63.5 Å². The minimum absolute atomic E-state index is 0.184. The van der Waals surface area contributed by atoms with Crippen LogP contribution < -0.4 is 0 Å². The van der Waals surface area contributed by atoms with E-state index in [0.717, 1.165) is 42.1 Å². The molecule has 1 aromatic rings. The van der Waals surface area contributed by atoms with Crippen LogP contribution in [-0.2, 0) is 0 Å². The number of rotatable bonds is 5. The van der Waals surface area contributed by atoms with Gasteiger partial charge in [-0.25, -0.2) is 4.39 Å². The van der Waals surface area contributed by atoms with Crippen LogP contribution in [-0.4, -0.2) is 6.18 Å². The predicted octanol–water partition coefficient (Wildman–Crippen LogP) is 8.18. The Bertz CT molecular complexity index is 764. The summed E-state index contributed by atoms with van der Waals surface area (Å²) in [6, 6.07) is 4.54. The molecule has 0 atom stereocenters. The normalized spacial score (nSPS) is 27.6. The van der Waals surface area contributed by atoms with E-state index < -0.39 is 12.0 Å². The van der Waals surface area contributed by atoms with Crippen molar-refractivity contribution in [1.29, 1.82) is 0 Å². The van der Waals surface area contributed by atoms with E-state index in [0.29, 0.717) is 5.92 Å². The second-order valence-corrected chi connectivity index (χ2v) is 9.03. The summed E-state index contributed by atoms with van der Waals surface area (Å²) in [6.07, 6.45) is 12.2. The number of allylic oxidation sites excluding steroid dienone is 2. The molecule has 0 amide bonds. The van der Waals surface area contributed by atoms with Crippen LogP contribution in [0.1, 0.15) is 88.2 Å². The first kappa shape index (κ1) is 22.9. The number of alkyl halides is 3. The molecule has 0 aromatic heterocycles. The zero-order valence-electron chi connectivity index (χ0n) is 17.8. The fourth-order valence-electron chi connectivity index (χ4n) is 5.40. The van der Waals surface area contributed by atoms with Crippen molar-refractivity contribution >= 4 is 0 Å².